The second-order valence-corrected chi connectivity index (χ2v) is 3.89. The largest absolute Gasteiger partial charge is 0.507 e. The number of phenols is 1. The minimum absolute atomic E-state index is 0.119. The number of aromatic hydroxyl groups is 1. The maximum atomic E-state index is 10.7. The average Bonchev–Trinajstić information content (AvgIpc) is 2.36. The van der Waals surface area contributed by atoms with Gasteiger partial charge in [-0.1, -0.05) is 42.2 Å². The molecule has 0 aliphatic rings. The summed E-state index contributed by atoms with van der Waals surface area (Å²) in [6, 6.07) is 11.2. The Hall–Kier alpha value is -2.47. The summed E-state index contributed by atoms with van der Waals surface area (Å²) < 4.78 is 0. The molecule has 0 aromatic heterocycles. The van der Waals surface area contributed by atoms with Crippen molar-refractivity contribution in [3.05, 3.63) is 42.0 Å². The third-order valence-corrected chi connectivity index (χ3v) is 2.55. The lowest BCUT2D eigenvalue weighted by Gasteiger charge is -2.02. The number of phenolic OH excluding ortho intramolecular Hbond substituents is 1. The van der Waals surface area contributed by atoms with Crippen molar-refractivity contribution in [3.8, 4) is 17.6 Å². The van der Waals surface area contributed by atoms with Gasteiger partial charge in [-0.15, -0.1) is 0 Å². The molecule has 3 heteroatoms. The molecule has 2 aromatic carbocycles. The van der Waals surface area contributed by atoms with Gasteiger partial charge >= 0.3 is 0 Å². The molecule has 18 heavy (non-hydrogen) atoms. The Labute approximate surface area is 105 Å². The van der Waals surface area contributed by atoms with Crippen molar-refractivity contribution in [2.45, 2.75) is 6.92 Å². The summed E-state index contributed by atoms with van der Waals surface area (Å²) in [4.78, 5) is 10.7. The van der Waals surface area contributed by atoms with Gasteiger partial charge in [0.1, 0.15) is 5.75 Å². The molecule has 0 fully saturated rings. The third-order valence-electron chi connectivity index (χ3n) is 2.55. The predicted octanol–water partition coefficient (Wildman–Crippen LogP) is 2.03. The molecule has 0 aliphatic heterocycles. The van der Waals surface area contributed by atoms with Gasteiger partial charge in [0.05, 0.1) is 12.1 Å². The molecule has 0 radical (unpaired) electrons. The van der Waals surface area contributed by atoms with E-state index in [0.717, 1.165) is 10.8 Å². The number of hydrogen-bond acceptors (Lipinski definition) is 2. The zero-order chi connectivity index (χ0) is 13.0. The molecule has 0 aliphatic carbocycles. The zero-order valence-corrected chi connectivity index (χ0v) is 10.0. The van der Waals surface area contributed by atoms with E-state index in [1.165, 1.54) is 6.92 Å². The summed E-state index contributed by atoms with van der Waals surface area (Å²) in [6.45, 7) is 1.72. The molecule has 0 bridgehead atoms. The third kappa shape index (κ3) is 2.61. The highest BCUT2D eigenvalue weighted by Crippen LogP contribution is 2.25. The first-order chi connectivity index (χ1) is 8.68. The molecule has 0 atom stereocenters. The lowest BCUT2D eigenvalue weighted by molar-refractivity contribution is -0.118. The molecule has 0 saturated heterocycles. The van der Waals surface area contributed by atoms with Crippen molar-refractivity contribution in [3.63, 3.8) is 0 Å². The minimum atomic E-state index is -0.119. The van der Waals surface area contributed by atoms with Crippen molar-refractivity contribution in [2.24, 2.45) is 0 Å². The Morgan fingerprint density at radius 3 is 2.83 bits per heavy atom. The van der Waals surface area contributed by atoms with Crippen LogP contribution in [0, 0.1) is 11.8 Å². The maximum Gasteiger partial charge on any atom is 0.217 e. The first-order valence-electron chi connectivity index (χ1n) is 5.62. The summed E-state index contributed by atoms with van der Waals surface area (Å²) in [5.41, 5.74) is 0.596. The zero-order valence-electron chi connectivity index (χ0n) is 10.0. The van der Waals surface area contributed by atoms with E-state index in [9.17, 15) is 9.90 Å². The Kier molecular flexibility index (Phi) is 3.49. The van der Waals surface area contributed by atoms with Crippen LogP contribution in [0.4, 0.5) is 0 Å². The average molecular weight is 239 g/mol. The normalized spacial score (nSPS) is 9.61. The van der Waals surface area contributed by atoms with Crippen molar-refractivity contribution in [1.82, 2.24) is 5.32 Å². The Morgan fingerprint density at radius 1 is 1.28 bits per heavy atom. The SMILES string of the molecule is CC(=O)NCC#Cc1c(O)ccc2ccccc12. The molecule has 1 amide bonds. The van der Waals surface area contributed by atoms with E-state index in [4.69, 9.17) is 0 Å². The summed E-state index contributed by atoms with van der Waals surface area (Å²) in [5, 5.41) is 14.4. The number of carbonyl (C=O) groups is 1. The number of benzene rings is 2. The number of fused-ring (bicyclic) bond motifs is 1. The second kappa shape index (κ2) is 5.24. The van der Waals surface area contributed by atoms with Crippen LogP contribution in [0.2, 0.25) is 0 Å². The van der Waals surface area contributed by atoms with E-state index in [2.05, 4.69) is 17.2 Å². The van der Waals surface area contributed by atoms with Crippen LogP contribution in [0.1, 0.15) is 12.5 Å². The number of amides is 1. The molecule has 0 heterocycles. The van der Waals surface area contributed by atoms with Gasteiger partial charge in [-0.05, 0) is 11.5 Å². The van der Waals surface area contributed by atoms with Crippen LogP contribution in [0.5, 0.6) is 5.75 Å². The van der Waals surface area contributed by atoms with Crippen molar-refractivity contribution < 1.29 is 9.90 Å². The van der Waals surface area contributed by atoms with E-state index < -0.39 is 0 Å². The fourth-order valence-electron chi connectivity index (χ4n) is 1.69. The maximum absolute atomic E-state index is 10.7. The highest BCUT2D eigenvalue weighted by molar-refractivity contribution is 5.90. The smallest absolute Gasteiger partial charge is 0.217 e. The minimum Gasteiger partial charge on any atom is -0.507 e. The van der Waals surface area contributed by atoms with Gasteiger partial charge in [0, 0.05) is 12.3 Å². The topological polar surface area (TPSA) is 49.3 Å². The van der Waals surface area contributed by atoms with Gasteiger partial charge in [0.15, 0.2) is 0 Å². The van der Waals surface area contributed by atoms with E-state index >= 15 is 0 Å². The summed E-state index contributed by atoms with van der Waals surface area (Å²) in [5.74, 6) is 5.76. The molecule has 2 aromatic rings. The second-order valence-electron chi connectivity index (χ2n) is 3.89. The number of hydrogen-bond donors (Lipinski definition) is 2. The van der Waals surface area contributed by atoms with E-state index in [1.807, 2.05) is 30.3 Å². The van der Waals surface area contributed by atoms with Gasteiger partial charge in [-0.2, -0.15) is 0 Å². The van der Waals surface area contributed by atoms with Crippen molar-refractivity contribution in [1.29, 1.82) is 0 Å². The Morgan fingerprint density at radius 2 is 2.06 bits per heavy atom. The monoisotopic (exact) mass is 239 g/mol. The van der Waals surface area contributed by atoms with E-state index in [-0.39, 0.29) is 18.2 Å². The van der Waals surface area contributed by atoms with Crippen LogP contribution in [-0.2, 0) is 4.79 Å². The fourth-order valence-corrected chi connectivity index (χ4v) is 1.69. The molecule has 2 N–H and O–H groups in total. The quantitative estimate of drug-likeness (QED) is 0.748. The first-order valence-corrected chi connectivity index (χ1v) is 5.62. The van der Waals surface area contributed by atoms with Gasteiger partial charge in [0.25, 0.3) is 0 Å². The molecule has 0 saturated carbocycles. The summed E-state index contributed by atoms with van der Waals surface area (Å²) in [7, 11) is 0. The lowest BCUT2D eigenvalue weighted by atomic mass is 10.0. The van der Waals surface area contributed by atoms with Crippen LogP contribution >= 0.6 is 0 Å². The highest BCUT2D eigenvalue weighted by Gasteiger charge is 2.03. The van der Waals surface area contributed by atoms with Gasteiger partial charge in [-0.25, -0.2) is 0 Å². The molecule has 0 spiro atoms. The van der Waals surface area contributed by atoms with Crippen LogP contribution in [0.15, 0.2) is 36.4 Å². The van der Waals surface area contributed by atoms with Gasteiger partial charge in [0.2, 0.25) is 5.91 Å². The van der Waals surface area contributed by atoms with Crippen molar-refractivity contribution >= 4 is 16.7 Å². The molecule has 2 rings (SSSR count). The lowest BCUT2D eigenvalue weighted by Crippen LogP contribution is -2.19. The van der Waals surface area contributed by atoms with Crippen molar-refractivity contribution in [2.75, 3.05) is 6.54 Å². The molecular formula is C15H13NO2. The predicted molar refractivity (Wildman–Crippen MR) is 71.2 cm³/mol. The molecule has 0 unspecified atom stereocenters. The van der Waals surface area contributed by atoms with Crippen LogP contribution in [0.25, 0.3) is 10.8 Å². The van der Waals surface area contributed by atoms with E-state index in [0.29, 0.717) is 5.56 Å². The number of rotatable bonds is 1. The van der Waals surface area contributed by atoms with Crippen LogP contribution in [0.3, 0.4) is 0 Å². The van der Waals surface area contributed by atoms with Crippen LogP contribution < -0.4 is 5.32 Å². The molecular weight excluding hydrogens is 226 g/mol. The molecule has 90 valence electrons. The first kappa shape index (κ1) is 12.0. The Bertz CT molecular complexity index is 650. The highest BCUT2D eigenvalue weighted by atomic mass is 16.3. The van der Waals surface area contributed by atoms with E-state index in [1.54, 1.807) is 6.07 Å². The fraction of sp³-hybridized carbons (Fsp3) is 0.133. The molecule has 3 nitrogen and oxygen atoms in total. The number of nitrogens with one attached hydrogen (secondary N) is 1. The van der Waals surface area contributed by atoms with Gasteiger partial charge < -0.3 is 10.4 Å². The summed E-state index contributed by atoms with van der Waals surface area (Å²) in [6.07, 6.45) is 0. The summed E-state index contributed by atoms with van der Waals surface area (Å²) >= 11 is 0. The number of carbonyl (C=O) groups excluding carboxylic acids is 1. The Balaban J connectivity index is 2.37. The standard InChI is InChI=1S/C15H13NO2/c1-11(17)16-10-4-7-14-13-6-3-2-5-12(13)8-9-15(14)18/h2-3,5-6,8-9,18H,10H2,1H3,(H,16,17). The van der Waals surface area contributed by atoms with Crippen LogP contribution in [-0.4, -0.2) is 17.6 Å². The van der Waals surface area contributed by atoms with Gasteiger partial charge in [-0.3, -0.25) is 4.79 Å².